The number of hydrogen-bond donors (Lipinski definition) is 2. The summed E-state index contributed by atoms with van der Waals surface area (Å²) < 4.78 is 18.6. The maximum Gasteiger partial charge on any atom is 0.192 e. The summed E-state index contributed by atoms with van der Waals surface area (Å²) in [7, 11) is -3.52. The number of aliphatic hydroxyl groups is 1. The first-order chi connectivity index (χ1) is 12.6. The number of aliphatic hydroxyl groups excluding tert-OH is 1. The van der Waals surface area contributed by atoms with Gasteiger partial charge in [-0.25, -0.2) is 0 Å². The molecule has 3 fully saturated rings. The normalized spacial score (nSPS) is 38.5. The Hall–Kier alpha value is 0.194. The van der Waals surface area contributed by atoms with E-state index in [1.165, 1.54) is 0 Å². The Balaban J connectivity index is 1.50. The van der Waals surface area contributed by atoms with E-state index in [0.29, 0.717) is 12.6 Å². The molecule has 0 amide bonds. The van der Waals surface area contributed by atoms with Crippen LogP contribution in [0.25, 0.3) is 0 Å². The van der Waals surface area contributed by atoms with Crippen LogP contribution in [0.2, 0.25) is 36.3 Å². The fourth-order valence-electron chi connectivity index (χ4n) is 3.41. The molecule has 0 aromatic rings. The van der Waals surface area contributed by atoms with Crippen LogP contribution in [0.5, 0.6) is 0 Å². The summed E-state index contributed by atoms with van der Waals surface area (Å²) in [6.45, 7) is 24.1. The number of ether oxygens (including phenoxy) is 1. The second-order valence-electron chi connectivity index (χ2n) is 11.9. The lowest BCUT2D eigenvalue weighted by molar-refractivity contribution is -0.119. The van der Waals surface area contributed by atoms with Crippen molar-refractivity contribution in [2.45, 2.75) is 114 Å². The molecule has 0 spiro atoms. The number of nitrogens with zero attached hydrogens (tertiary/aromatic N) is 1. The third-order valence-corrected chi connectivity index (χ3v) is 16.8. The van der Waals surface area contributed by atoms with Gasteiger partial charge in [-0.05, 0) is 36.3 Å². The maximum absolute atomic E-state index is 10.3. The molecule has 164 valence electrons. The molecule has 0 aromatic heterocycles. The Morgan fingerprint density at radius 2 is 1.43 bits per heavy atom. The molecule has 0 saturated carbocycles. The Kier molecular flexibility index (Phi) is 5.81. The minimum absolute atomic E-state index is 0.0685. The second kappa shape index (κ2) is 7.12. The molecule has 2 N–H and O–H groups in total. The number of rotatable bonds is 7. The Labute approximate surface area is 173 Å². The lowest BCUT2D eigenvalue weighted by atomic mass is 10.2. The number of hydrogen-bond acceptors (Lipinski definition) is 6. The SMILES string of the molecule is CC(C)(C)[Si](C)(C)OC[C@@H]1[C@@H]2[C@H](O)O[C@H]([C@H]3N[C@@H]3CO[Si](C)(C)C(C)(C)C)N21. The third kappa shape index (κ3) is 4.30. The zero-order valence-corrected chi connectivity index (χ0v) is 21.5. The van der Waals surface area contributed by atoms with Crippen molar-refractivity contribution in [3.63, 3.8) is 0 Å². The van der Waals surface area contributed by atoms with Gasteiger partial charge >= 0.3 is 0 Å². The summed E-state index contributed by atoms with van der Waals surface area (Å²) in [6.07, 6.45) is -0.775. The smallest absolute Gasteiger partial charge is 0.192 e. The summed E-state index contributed by atoms with van der Waals surface area (Å²) in [4.78, 5) is 2.29. The van der Waals surface area contributed by atoms with Crippen LogP contribution in [0.15, 0.2) is 0 Å². The van der Waals surface area contributed by atoms with Crippen molar-refractivity contribution < 1.29 is 18.7 Å². The standard InChI is InChI=1S/C20H42N2O4Si2/c1-19(2,3)27(7,8)24-11-13-15(21-13)17-22-14(16(22)18(23)26-17)12-25-28(9,10)20(4,5)6/h13-18,21,23H,11-12H2,1-10H3/t13-,14-,15+,16-,17-,18-,22?/m1/s1. The molecule has 3 heterocycles. The zero-order valence-electron chi connectivity index (χ0n) is 19.5. The van der Waals surface area contributed by atoms with E-state index in [9.17, 15) is 5.11 Å². The molecule has 3 rings (SSSR count). The van der Waals surface area contributed by atoms with Gasteiger partial charge in [0.15, 0.2) is 22.9 Å². The summed E-state index contributed by atoms with van der Waals surface area (Å²) in [6, 6.07) is 0.904. The van der Waals surface area contributed by atoms with Crippen LogP contribution < -0.4 is 5.32 Å². The number of nitrogens with one attached hydrogen (secondary N) is 1. The second-order valence-corrected chi connectivity index (χ2v) is 21.5. The van der Waals surface area contributed by atoms with Crippen molar-refractivity contribution in [2.24, 2.45) is 0 Å². The van der Waals surface area contributed by atoms with Gasteiger partial charge in [-0.2, -0.15) is 0 Å². The molecule has 0 aromatic carbocycles. The highest BCUT2D eigenvalue weighted by Crippen LogP contribution is 2.46. The van der Waals surface area contributed by atoms with E-state index >= 15 is 0 Å². The van der Waals surface area contributed by atoms with Gasteiger partial charge in [0.05, 0.1) is 31.3 Å². The van der Waals surface area contributed by atoms with Gasteiger partial charge in [0.1, 0.15) is 6.23 Å². The highest BCUT2D eigenvalue weighted by atomic mass is 28.4. The summed E-state index contributed by atoms with van der Waals surface area (Å²) in [5.41, 5.74) is 0. The predicted molar refractivity (Wildman–Crippen MR) is 117 cm³/mol. The summed E-state index contributed by atoms with van der Waals surface area (Å²) in [5, 5.41) is 14.3. The van der Waals surface area contributed by atoms with Crippen LogP contribution in [0.1, 0.15) is 41.5 Å². The molecule has 0 aliphatic carbocycles. The van der Waals surface area contributed by atoms with Crippen LogP contribution in [0.3, 0.4) is 0 Å². The van der Waals surface area contributed by atoms with E-state index in [-0.39, 0.29) is 34.4 Å². The molecule has 3 aliphatic rings. The summed E-state index contributed by atoms with van der Waals surface area (Å²) in [5.74, 6) is 0. The first-order valence-corrected chi connectivity index (χ1v) is 16.5. The van der Waals surface area contributed by atoms with Crippen LogP contribution in [-0.2, 0) is 13.6 Å². The van der Waals surface area contributed by atoms with Crippen molar-refractivity contribution >= 4 is 16.6 Å². The van der Waals surface area contributed by atoms with Gasteiger partial charge in [-0.15, -0.1) is 0 Å². The Morgan fingerprint density at radius 1 is 0.929 bits per heavy atom. The lowest BCUT2D eigenvalue weighted by Crippen LogP contribution is -2.43. The molecular weight excluding hydrogens is 388 g/mol. The predicted octanol–water partition coefficient (Wildman–Crippen LogP) is 3.10. The fraction of sp³-hybridized carbons (Fsp3) is 1.00. The van der Waals surface area contributed by atoms with Crippen LogP contribution >= 0.6 is 0 Å². The lowest BCUT2D eigenvalue weighted by Gasteiger charge is -2.36. The molecule has 3 aliphatic heterocycles. The van der Waals surface area contributed by atoms with E-state index in [4.69, 9.17) is 13.6 Å². The first-order valence-electron chi connectivity index (χ1n) is 10.7. The Morgan fingerprint density at radius 3 is 1.93 bits per heavy atom. The van der Waals surface area contributed by atoms with Crippen molar-refractivity contribution in [1.82, 2.24) is 10.2 Å². The minimum Gasteiger partial charge on any atom is -0.415 e. The highest BCUT2D eigenvalue weighted by molar-refractivity contribution is 6.74. The van der Waals surface area contributed by atoms with Gasteiger partial charge in [0, 0.05) is 6.04 Å². The fourth-order valence-corrected chi connectivity index (χ4v) is 5.46. The monoisotopic (exact) mass is 430 g/mol. The van der Waals surface area contributed by atoms with Gasteiger partial charge in [-0.1, -0.05) is 41.5 Å². The number of fused-ring (bicyclic) bond motifs is 1. The molecule has 28 heavy (non-hydrogen) atoms. The van der Waals surface area contributed by atoms with Crippen LogP contribution in [0, 0.1) is 0 Å². The van der Waals surface area contributed by atoms with Crippen molar-refractivity contribution in [1.29, 1.82) is 0 Å². The average molecular weight is 431 g/mol. The molecular formula is C20H42N2O4Si2. The van der Waals surface area contributed by atoms with E-state index in [1.54, 1.807) is 0 Å². The first kappa shape index (κ1) is 22.9. The van der Waals surface area contributed by atoms with Crippen LogP contribution in [-0.4, -0.2) is 76.5 Å². The maximum atomic E-state index is 10.3. The average Bonchev–Trinajstić information content (AvgIpc) is 3.40. The zero-order chi connectivity index (χ0) is 21.3. The van der Waals surface area contributed by atoms with Gasteiger partial charge in [0.2, 0.25) is 0 Å². The third-order valence-electron chi connectivity index (χ3n) is 7.79. The topological polar surface area (TPSA) is 72.9 Å². The van der Waals surface area contributed by atoms with E-state index in [0.717, 1.165) is 6.61 Å². The Bertz CT molecular complexity index is 588. The largest absolute Gasteiger partial charge is 0.415 e. The summed E-state index contributed by atoms with van der Waals surface area (Å²) >= 11 is 0. The molecule has 1 unspecified atom stereocenters. The van der Waals surface area contributed by atoms with Gasteiger partial charge < -0.3 is 24.0 Å². The molecule has 8 heteroatoms. The minimum atomic E-state index is -1.78. The molecule has 0 radical (unpaired) electrons. The van der Waals surface area contributed by atoms with Gasteiger partial charge in [0.25, 0.3) is 0 Å². The molecule has 7 atom stereocenters. The van der Waals surface area contributed by atoms with Crippen molar-refractivity contribution in [3.05, 3.63) is 0 Å². The van der Waals surface area contributed by atoms with Crippen molar-refractivity contribution in [2.75, 3.05) is 13.2 Å². The van der Waals surface area contributed by atoms with E-state index < -0.39 is 22.9 Å². The highest BCUT2D eigenvalue weighted by Gasteiger charge is 2.66. The van der Waals surface area contributed by atoms with Crippen molar-refractivity contribution in [3.8, 4) is 0 Å². The molecule has 3 saturated heterocycles. The quantitative estimate of drug-likeness (QED) is 0.478. The van der Waals surface area contributed by atoms with E-state index in [1.807, 2.05) is 0 Å². The van der Waals surface area contributed by atoms with Gasteiger partial charge in [-0.3, -0.25) is 4.90 Å². The molecule has 6 nitrogen and oxygen atoms in total. The molecule has 0 bridgehead atoms. The van der Waals surface area contributed by atoms with E-state index in [2.05, 4.69) is 77.9 Å². The van der Waals surface area contributed by atoms with Crippen LogP contribution in [0.4, 0.5) is 0 Å².